The van der Waals surface area contributed by atoms with Crippen LogP contribution in [-0.2, 0) is 13.1 Å². The molecule has 0 aliphatic heterocycles. The lowest BCUT2D eigenvalue weighted by Gasteiger charge is -2.09. The fourth-order valence-electron chi connectivity index (χ4n) is 2.17. The van der Waals surface area contributed by atoms with Gasteiger partial charge >= 0.3 is 0 Å². The quantitative estimate of drug-likeness (QED) is 0.608. The summed E-state index contributed by atoms with van der Waals surface area (Å²) in [5.74, 6) is -0.779. The van der Waals surface area contributed by atoms with E-state index in [-0.39, 0.29) is 30.7 Å². The van der Waals surface area contributed by atoms with Crippen LogP contribution in [0.1, 0.15) is 5.56 Å². The first-order valence-electron chi connectivity index (χ1n) is 7.55. The van der Waals surface area contributed by atoms with Gasteiger partial charge in [-0.15, -0.1) is 0 Å². The van der Waals surface area contributed by atoms with Crippen molar-refractivity contribution < 1.29 is 13.9 Å². The van der Waals surface area contributed by atoms with Gasteiger partial charge in [0.15, 0.2) is 11.6 Å². The minimum absolute atomic E-state index is 0.00418. The summed E-state index contributed by atoms with van der Waals surface area (Å²) in [6, 6.07) is 6.01. The smallest absolute Gasteiger partial charge is 0.229 e. The van der Waals surface area contributed by atoms with Crippen LogP contribution in [0.25, 0.3) is 0 Å². The fraction of sp³-hybridized carbons (Fsp3) is 0.188. The highest BCUT2D eigenvalue weighted by Gasteiger charge is 2.08. The number of nitrogens with one attached hydrogen (secondary N) is 2. The monoisotopic (exact) mass is 346 g/mol. The van der Waals surface area contributed by atoms with Crippen molar-refractivity contribution in [2.45, 2.75) is 13.1 Å². The van der Waals surface area contributed by atoms with Crippen LogP contribution < -0.4 is 10.6 Å². The van der Waals surface area contributed by atoms with Crippen LogP contribution in [-0.4, -0.2) is 31.5 Å². The highest BCUT2D eigenvalue weighted by Crippen LogP contribution is 2.17. The standard InChI is InChI=1S/C16H16F2N6O/c17-12-3-1-2-11(6-12)7-19-15-14(18)9-20-16(23-15)22-13-8-21-24(10-13)4-5-25/h1-3,6,8-10,25H,4-5,7H2,(H2,19,20,22,23). The van der Waals surface area contributed by atoms with Gasteiger partial charge in [-0.3, -0.25) is 4.68 Å². The highest BCUT2D eigenvalue weighted by molar-refractivity contribution is 5.52. The average Bonchev–Trinajstić information content (AvgIpc) is 3.03. The number of aliphatic hydroxyl groups excluding tert-OH is 1. The summed E-state index contributed by atoms with van der Waals surface area (Å²) in [4.78, 5) is 7.95. The lowest BCUT2D eigenvalue weighted by molar-refractivity contribution is 0.269. The predicted octanol–water partition coefficient (Wildman–Crippen LogP) is 2.30. The molecule has 0 bridgehead atoms. The molecule has 1 aromatic carbocycles. The molecule has 0 fully saturated rings. The highest BCUT2D eigenvalue weighted by atomic mass is 19.1. The Morgan fingerprint density at radius 2 is 2.08 bits per heavy atom. The van der Waals surface area contributed by atoms with Crippen molar-refractivity contribution in [3.8, 4) is 0 Å². The first kappa shape index (κ1) is 16.8. The van der Waals surface area contributed by atoms with Crippen molar-refractivity contribution in [3.05, 3.63) is 60.1 Å². The van der Waals surface area contributed by atoms with E-state index in [1.165, 1.54) is 12.1 Å². The van der Waals surface area contributed by atoms with Gasteiger partial charge in [-0.1, -0.05) is 12.1 Å². The van der Waals surface area contributed by atoms with Gasteiger partial charge in [0, 0.05) is 12.7 Å². The average molecular weight is 346 g/mol. The number of anilines is 3. The summed E-state index contributed by atoms with van der Waals surface area (Å²) < 4.78 is 28.6. The first-order valence-corrected chi connectivity index (χ1v) is 7.55. The molecular weight excluding hydrogens is 330 g/mol. The molecule has 3 rings (SSSR count). The summed E-state index contributed by atoms with van der Waals surface area (Å²) in [5.41, 5.74) is 1.27. The number of rotatable bonds is 7. The molecule has 7 nitrogen and oxygen atoms in total. The molecule has 0 atom stereocenters. The molecule has 0 saturated heterocycles. The zero-order chi connectivity index (χ0) is 17.6. The van der Waals surface area contributed by atoms with Gasteiger partial charge in [-0.25, -0.2) is 13.8 Å². The molecule has 0 aliphatic carbocycles. The first-order chi connectivity index (χ1) is 12.1. The van der Waals surface area contributed by atoms with Gasteiger partial charge in [0.1, 0.15) is 5.82 Å². The minimum Gasteiger partial charge on any atom is -0.394 e. The van der Waals surface area contributed by atoms with Crippen LogP contribution >= 0.6 is 0 Å². The second kappa shape index (κ2) is 7.67. The van der Waals surface area contributed by atoms with Crippen LogP contribution in [0.4, 0.5) is 26.2 Å². The molecule has 0 amide bonds. The third-order valence-electron chi connectivity index (χ3n) is 3.31. The van der Waals surface area contributed by atoms with Crippen molar-refractivity contribution >= 4 is 17.5 Å². The molecule has 9 heteroatoms. The maximum atomic E-state index is 13.9. The van der Waals surface area contributed by atoms with Crippen molar-refractivity contribution in [1.82, 2.24) is 19.7 Å². The Morgan fingerprint density at radius 3 is 2.88 bits per heavy atom. The number of aliphatic hydroxyl groups is 1. The molecule has 0 spiro atoms. The van der Waals surface area contributed by atoms with Crippen LogP contribution in [0.3, 0.4) is 0 Å². The van der Waals surface area contributed by atoms with Gasteiger partial charge in [0.05, 0.1) is 31.2 Å². The Hall–Kier alpha value is -3.07. The van der Waals surface area contributed by atoms with Gasteiger partial charge < -0.3 is 15.7 Å². The van der Waals surface area contributed by atoms with E-state index in [1.807, 2.05) is 0 Å². The Bertz CT molecular complexity index is 854. The van der Waals surface area contributed by atoms with E-state index in [4.69, 9.17) is 5.11 Å². The molecule has 0 unspecified atom stereocenters. The van der Waals surface area contributed by atoms with Crippen molar-refractivity contribution in [3.63, 3.8) is 0 Å². The second-order valence-electron chi connectivity index (χ2n) is 5.21. The number of aromatic nitrogens is 4. The van der Waals surface area contributed by atoms with E-state index in [0.29, 0.717) is 17.8 Å². The number of halogens is 2. The van der Waals surface area contributed by atoms with E-state index in [2.05, 4.69) is 25.7 Å². The molecule has 2 heterocycles. The van der Waals surface area contributed by atoms with Crippen LogP contribution in [0, 0.1) is 11.6 Å². The Labute approximate surface area is 142 Å². The Kier molecular flexibility index (Phi) is 5.14. The van der Waals surface area contributed by atoms with E-state index in [1.54, 1.807) is 29.2 Å². The van der Waals surface area contributed by atoms with E-state index < -0.39 is 5.82 Å². The van der Waals surface area contributed by atoms with Gasteiger partial charge in [-0.05, 0) is 17.7 Å². The lowest BCUT2D eigenvalue weighted by Crippen LogP contribution is -2.07. The minimum atomic E-state index is -0.613. The number of hydrogen-bond acceptors (Lipinski definition) is 6. The van der Waals surface area contributed by atoms with E-state index >= 15 is 0 Å². The molecule has 0 aliphatic rings. The maximum Gasteiger partial charge on any atom is 0.229 e. The molecule has 3 aromatic rings. The molecule has 25 heavy (non-hydrogen) atoms. The third kappa shape index (κ3) is 4.48. The summed E-state index contributed by atoms with van der Waals surface area (Å²) in [5, 5.41) is 18.6. The van der Waals surface area contributed by atoms with Crippen molar-refractivity contribution in [1.29, 1.82) is 0 Å². The number of benzene rings is 1. The van der Waals surface area contributed by atoms with Crippen LogP contribution in [0.5, 0.6) is 0 Å². The third-order valence-corrected chi connectivity index (χ3v) is 3.31. The molecule has 0 radical (unpaired) electrons. The Morgan fingerprint density at radius 1 is 1.20 bits per heavy atom. The zero-order valence-electron chi connectivity index (χ0n) is 13.2. The number of nitrogens with zero attached hydrogens (tertiary/aromatic N) is 4. The molecule has 3 N–H and O–H groups in total. The van der Waals surface area contributed by atoms with Crippen LogP contribution in [0.2, 0.25) is 0 Å². The van der Waals surface area contributed by atoms with Crippen molar-refractivity contribution in [2.24, 2.45) is 0 Å². The summed E-state index contributed by atoms with van der Waals surface area (Å²) in [6.07, 6.45) is 4.26. The molecular formula is C16H16F2N6O. The van der Waals surface area contributed by atoms with Gasteiger partial charge in [0.25, 0.3) is 0 Å². The number of hydrogen-bond donors (Lipinski definition) is 3. The molecule has 2 aromatic heterocycles. The maximum absolute atomic E-state index is 13.9. The molecule has 0 saturated carbocycles. The van der Waals surface area contributed by atoms with Crippen molar-refractivity contribution in [2.75, 3.05) is 17.2 Å². The largest absolute Gasteiger partial charge is 0.394 e. The zero-order valence-corrected chi connectivity index (χ0v) is 13.2. The molecule has 130 valence electrons. The van der Waals surface area contributed by atoms with E-state index in [9.17, 15) is 8.78 Å². The topological polar surface area (TPSA) is 87.9 Å². The predicted molar refractivity (Wildman–Crippen MR) is 88.3 cm³/mol. The normalized spacial score (nSPS) is 10.7. The summed E-state index contributed by atoms with van der Waals surface area (Å²) in [7, 11) is 0. The summed E-state index contributed by atoms with van der Waals surface area (Å²) >= 11 is 0. The van der Waals surface area contributed by atoms with Crippen LogP contribution in [0.15, 0.2) is 42.9 Å². The van der Waals surface area contributed by atoms with Gasteiger partial charge in [0.2, 0.25) is 5.95 Å². The lowest BCUT2D eigenvalue weighted by atomic mass is 10.2. The summed E-state index contributed by atoms with van der Waals surface area (Å²) in [6.45, 7) is 0.564. The Balaban J connectivity index is 1.69. The SMILES string of the molecule is OCCn1cc(Nc2ncc(F)c(NCc3cccc(F)c3)n2)cn1. The second-order valence-corrected chi connectivity index (χ2v) is 5.21. The fourth-order valence-corrected chi connectivity index (χ4v) is 2.17. The van der Waals surface area contributed by atoms with Gasteiger partial charge in [-0.2, -0.15) is 10.1 Å². The van der Waals surface area contributed by atoms with E-state index in [0.717, 1.165) is 6.20 Å².